The number of amides is 1. The summed E-state index contributed by atoms with van der Waals surface area (Å²) >= 11 is 0. The van der Waals surface area contributed by atoms with Crippen molar-refractivity contribution >= 4 is 12.1 Å². The standard InChI is InChI=1S/C25H45N5O4/c1-9-11-13-28(14-12-10-2)16-19-17-30(27-26-19)20-15-21(22(31)33-24(3,4)5)29(18-20)23(32)34-25(6,7)8/h17,20-21H,9-16,18H2,1-8H3/t20?,21-/m0/s1. The number of carbonyl (C=O) groups is 2. The first-order valence-corrected chi connectivity index (χ1v) is 12.7. The molecule has 1 amide bonds. The minimum atomic E-state index is -0.725. The Balaban J connectivity index is 2.16. The van der Waals surface area contributed by atoms with E-state index >= 15 is 0 Å². The Morgan fingerprint density at radius 2 is 1.62 bits per heavy atom. The van der Waals surface area contributed by atoms with Gasteiger partial charge in [0.15, 0.2) is 0 Å². The van der Waals surface area contributed by atoms with Crippen molar-refractivity contribution in [1.29, 1.82) is 0 Å². The maximum absolute atomic E-state index is 12.9. The lowest BCUT2D eigenvalue weighted by Crippen LogP contribution is -2.45. The van der Waals surface area contributed by atoms with Gasteiger partial charge in [-0.1, -0.05) is 31.9 Å². The number of aromatic nitrogens is 3. The van der Waals surface area contributed by atoms with E-state index in [-0.39, 0.29) is 6.04 Å². The minimum Gasteiger partial charge on any atom is -0.458 e. The van der Waals surface area contributed by atoms with Gasteiger partial charge in [0.05, 0.1) is 17.9 Å². The molecule has 0 radical (unpaired) electrons. The minimum absolute atomic E-state index is 0.175. The van der Waals surface area contributed by atoms with E-state index in [4.69, 9.17) is 9.47 Å². The number of esters is 1. The molecule has 2 atom stereocenters. The van der Waals surface area contributed by atoms with Crippen LogP contribution in [0.5, 0.6) is 0 Å². The third kappa shape index (κ3) is 8.89. The highest BCUT2D eigenvalue weighted by atomic mass is 16.6. The smallest absolute Gasteiger partial charge is 0.411 e. The molecule has 1 aromatic heterocycles. The molecule has 0 aromatic carbocycles. The lowest BCUT2D eigenvalue weighted by Gasteiger charge is -2.29. The molecule has 2 heterocycles. The number of likely N-dealkylation sites (tertiary alicyclic amines) is 1. The second-order valence-electron chi connectivity index (χ2n) is 11.2. The number of hydrogen-bond donors (Lipinski definition) is 0. The summed E-state index contributed by atoms with van der Waals surface area (Å²) in [5.74, 6) is -0.425. The zero-order valence-electron chi connectivity index (χ0n) is 22.5. The molecule has 1 aliphatic heterocycles. The van der Waals surface area contributed by atoms with Gasteiger partial charge in [0, 0.05) is 19.5 Å². The highest BCUT2D eigenvalue weighted by Gasteiger charge is 2.44. The molecule has 1 fully saturated rings. The van der Waals surface area contributed by atoms with Crippen LogP contribution in [0.3, 0.4) is 0 Å². The molecule has 9 nitrogen and oxygen atoms in total. The highest BCUT2D eigenvalue weighted by molar-refractivity contribution is 5.82. The highest BCUT2D eigenvalue weighted by Crippen LogP contribution is 2.30. The van der Waals surface area contributed by atoms with Gasteiger partial charge < -0.3 is 9.47 Å². The maximum Gasteiger partial charge on any atom is 0.411 e. The van der Waals surface area contributed by atoms with E-state index in [0.717, 1.165) is 51.0 Å². The first kappa shape index (κ1) is 28.1. The first-order valence-electron chi connectivity index (χ1n) is 12.7. The van der Waals surface area contributed by atoms with Crippen LogP contribution in [0.2, 0.25) is 0 Å². The van der Waals surface area contributed by atoms with Gasteiger partial charge in [0.2, 0.25) is 0 Å². The Bertz CT molecular complexity index is 752. The molecule has 194 valence electrons. The molecule has 0 N–H and O–H groups in total. The Kier molecular flexibility index (Phi) is 9.91. The lowest BCUT2D eigenvalue weighted by molar-refractivity contribution is -0.160. The van der Waals surface area contributed by atoms with Crippen molar-refractivity contribution in [3.63, 3.8) is 0 Å². The Morgan fingerprint density at radius 1 is 1.03 bits per heavy atom. The molecule has 1 saturated heterocycles. The number of ether oxygens (including phenoxy) is 2. The van der Waals surface area contributed by atoms with Gasteiger partial charge in [0.1, 0.15) is 17.2 Å². The van der Waals surface area contributed by atoms with Crippen LogP contribution in [-0.2, 0) is 20.8 Å². The van der Waals surface area contributed by atoms with E-state index < -0.39 is 29.3 Å². The first-order chi connectivity index (χ1) is 15.8. The molecule has 1 aromatic rings. The molecule has 0 saturated carbocycles. The summed E-state index contributed by atoms with van der Waals surface area (Å²) in [5, 5.41) is 8.75. The van der Waals surface area contributed by atoms with Crippen LogP contribution < -0.4 is 0 Å². The number of hydrogen-bond acceptors (Lipinski definition) is 7. The zero-order chi connectivity index (χ0) is 25.5. The predicted molar refractivity (Wildman–Crippen MR) is 131 cm³/mol. The Morgan fingerprint density at radius 3 is 2.15 bits per heavy atom. The van der Waals surface area contributed by atoms with E-state index in [2.05, 4.69) is 29.1 Å². The van der Waals surface area contributed by atoms with Crippen LogP contribution in [0.15, 0.2) is 6.20 Å². The zero-order valence-corrected chi connectivity index (χ0v) is 22.5. The number of nitrogens with zero attached hydrogens (tertiary/aromatic N) is 5. The predicted octanol–water partition coefficient (Wildman–Crippen LogP) is 4.57. The summed E-state index contributed by atoms with van der Waals surface area (Å²) in [6.45, 7) is 18.5. The van der Waals surface area contributed by atoms with E-state index in [1.165, 1.54) is 4.90 Å². The summed E-state index contributed by atoms with van der Waals surface area (Å²) in [5.41, 5.74) is -0.402. The van der Waals surface area contributed by atoms with Crippen molar-refractivity contribution in [2.24, 2.45) is 0 Å². The van der Waals surface area contributed by atoms with Crippen molar-refractivity contribution in [3.8, 4) is 0 Å². The van der Waals surface area contributed by atoms with Crippen LogP contribution >= 0.6 is 0 Å². The van der Waals surface area contributed by atoms with Crippen LogP contribution in [0.1, 0.15) is 99.2 Å². The maximum atomic E-state index is 12.9. The third-order valence-corrected chi connectivity index (χ3v) is 5.56. The van der Waals surface area contributed by atoms with Crippen LogP contribution in [0.25, 0.3) is 0 Å². The van der Waals surface area contributed by atoms with Gasteiger partial charge in [-0.05, 0) is 67.5 Å². The topological polar surface area (TPSA) is 89.8 Å². The van der Waals surface area contributed by atoms with Gasteiger partial charge in [0.25, 0.3) is 0 Å². The average Bonchev–Trinajstić information content (AvgIpc) is 3.34. The van der Waals surface area contributed by atoms with Crippen molar-refractivity contribution in [3.05, 3.63) is 11.9 Å². The molecular formula is C25H45N5O4. The van der Waals surface area contributed by atoms with Gasteiger partial charge in [-0.3, -0.25) is 9.80 Å². The van der Waals surface area contributed by atoms with Crippen molar-refractivity contribution in [2.75, 3.05) is 19.6 Å². The fourth-order valence-corrected chi connectivity index (χ4v) is 3.95. The van der Waals surface area contributed by atoms with Gasteiger partial charge in [-0.2, -0.15) is 0 Å². The molecule has 34 heavy (non-hydrogen) atoms. The van der Waals surface area contributed by atoms with Crippen LogP contribution in [0.4, 0.5) is 4.79 Å². The monoisotopic (exact) mass is 479 g/mol. The van der Waals surface area contributed by atoms with E-state index in [9.17, 15) is 9.59 Å². The molecule has 1 aliphatic rings. The molecule has 0 aliphatic carbocycles. The summed E-state index contributed by atoms with van der Waals surface area (Å²) in [6, 6.07) is -0.900. The Labute approximate surface area is 205 Å². The van der Waals surface area contributed by atoms with E-state index in [1.807, 2.05) is 47.7 Å². The van der Waals surface area contributed by atoms with Crippen molar-refractivity contribution < 1.29 is 19.1 Å². The normalized spacial score (nSPS) is 19.0. The molecule has 1 unspecified atom stereocenters. The Hall–Kier alpha value is -2.16. The van der Waals surface area contributed by atoms with Gasteiger partial charge in [-0.15, -0.1) is 5.10 Å². The van der Waals surface area contributed by atoms with Crippen molar-refractivity contribution in [1.82, 2.24) is 24.8 Å². The average molecular weight is 480 g/mol. The molecule has 2 rings (SSSR count). The largest absolute Gasteiger partial charge is 0.458 e. The fourth-order valence-electron chi connectivity index (χ4n) is 3.95. The SMILES string of the molecule is CCCCN(CCCC)Cc1cn(C2C[C@@H](C(=O)OC(C)(C)C)N(C(=O)OC(C)(C)C)C2)nn1. The fraction of sp³-hybridized carbons (Fsp3) is 0.840. The quantitative estimate of drug-likeness (QED) is 0.454. The van der Waals surface area contributed by atoms with E-state index in [1.54, 1.807) is 4.68 Å². The van der Waals surface area contributed by atoms with Crippen LogP contribution in [-0.4, -0.2) is 73.7 Å². The van der Waals surface area contributed by atoms with Crippen LogP contribution in [0, 0.1) is 0 Å². The van der Waals surface area contributed by atoms with Gasteiger partial charge >= 0.3 is 12.1 Å². The number of carbonyl (C=O) groups excluding carboxylic acids is 2. The lowest BCUT2D eigenvalue weighted by atomic mass is 10.1. The summed E-state index contributed by atoms with van der Waals surface area (Å²) in [6.07, 6.45) is 6.46. The van der Waals surface area contributed by atoms with Crippen molar-refractivity contribution in [2.45, 2.75) is 117 Å². The summed E-state index contributed by atoms with van der Waals surface area (Å²) in [4.78, 5) is 29.8. The summed E-state index contributed by atoms with van der Waals surface area (Å²) in [7, 11) is 0. The molecule has 9 heteroatoms. The van der Waals surface area contributed by atoms with E-state index in [0.29, 0.717) is 13.0 Å². The van der Waals surface area contributed by atoms with Gasteiger partial charge in [-0.25, -0.2) is 14.3 Å². The second-order valence-corrected chi connectivity index (χ2v) is 11.2. The molecule has 0 bridgehead atoms. The molecule has 0 spiro atoms. The number of unbranched alkanes of at least 4 members (excludes halogenated alkanes) is 2. The summed E-state index contributed by atoms with van der Waals surface area (Å²) < 4.78 is 13.0. The second kappa shape index (κ2) is 12.0. The molecular weight excluding hydrogens is 434 g/mol. The number of rotatable bonds is 10. The third-order valence-electron chi connectivity index (χ3n) is 5.56.